The Kier molecular flexibility index (Phi) is 4.96. The fourth-order valence-corrected chi connectivity index (χ4v) is 1.71. The Morgan fingerprint density at radius 3 is 2.41 bits per heavy atom. The summed E-state index contributed by atoms with van der Waals surface area (Å²) in [7, 11) is 2.49. The van der Waals surface area contributed by atoms with Crippen molar-refractivity contribution in [1.29, 1.82) is 0 Å². The standard InChI is InChI=1S/C11H13NO4S/c1-15-10(13)8-5-4-7(6-17-3)12-9(8)11(14)16-2/h4-5H,6H2,1-3H3. The smallest absolute Gasteiger partial charge is 0.357 e. The van der Waals surface area contributed by atoms with Crippen molar-refractivity contribution in [3.63, 3.8) is 0 Å². The Morgan fingerprint density at radius 1 is 1.24 bits per heavy atom. The van der Waals surface area contributed by atoms with Gasteiger partial charge in [-0.1, -0.05) is 0 Å². The lowest BCUT2D eigenvalue weighted by Gasteiger charge is -2.07. The van der Waals surface area contributed by atoms with E-state index in [0.717, 1.165) is 0 Å². The molecule has 0 aliphatic heterocycles. The van der Waals surface area contributed by atoms with E-state index in [1.165, 1.54) is 20.3 Å². The zero-order valence-corrected chi connectivity index (χ0v) is 10.7. The topological polar surface area (TPSA) is 65.5 Å². The number of carbonyl (C=O) groups excluding carboxylic acids is 2. The monoisotopic (exact) mass is 255 g/mol. The SMILES string of the molecule is COC(=O)c1ccc(CSC)nc1C(=O)OC. The minimum absolute atomic E-state index is 0.00843. The largest absolute Gasteiger partial charge is 0.465 e. The van der Waals surface area contributed by atoms with Crippen LogP contribution in [0.4, 0.5) is 0 Å². The summed E-state index contributed by atoms with van der Waals surface area (Å²) >= 11 is 1.57. The second kappa shape index (κ2) is 6.24. The maximum Gasteiger partial charge on any atom is 0.357 e. The van der Waals surface area contributed by atoms with Gasteiger partial charge in [-0.2, -0.15) is 11.8 Å². The summed E-state index contributed by atoms with van der Waals surface area (Å²) in [5.41, 5.74) is 0.820. The van der Waals surface area contributed by atoms with E-state index in [-0.39, 0.29) is 11.3 Å². The van der Waals surface area contributed by atoms with Gasteiger partial charge >= 0.3 is 11.9 Å². The van der Waals surface area contributed by atoms with Gasteiger partial charge in [0.05, 0.1) is 25.5 Å². The molecule has 0 aliphatic carbocycles. The zero-order valence-electron chi connectivity index (χ0n) is 9.85. The highest BCUT2D eigenvalue weighted by atomic mass is 32.2. The average Bonchev–Trinajstić information content (AvgIpc) is 2.37. The highest BCUT2D eigenvalue weighted by molar-refractivity contribution is 7.97. The molecule has 0 aromatic carbocycles. The first-order valence-electron chi connectivity index (χ1n) is 4.79. The molecule has 0 saturated heterocycles. The van der Waals surface area contributed by atoms with E-state index in [9.17, 15) is 9.59 Å². The minimum atomic E-state index is -0.645. The second-order valence-electron chi connectivity index (χ2n) is 3.11. The van der Waals surface area contributed by atoms with Crippen molar-refractivity contribution in [1.82, 2.24) is 4.98 Å². The highest BCUT2D eigenvalue weighted by Crippen LogP contribution is 2.13. The van der Waals surface area contributed by atoms with Crippen molar-refractivity contribution in [3.05, 3.63) is 29.1 Å². The third-order valence-electron chi connectivity index (χ3n) is 2.03. The van der Waals surface area contributed by atoms with Gasteiger partial charge < -0.3 is 9.47 Å². The fourth-order valence-electron chi connectivity index (χ4n) is 1.25. The Balaban J connectivity index is 3.21. The van der Waals surface area contributed by atoms with Crippen LogP contribution < -0.4 is 0 Å². The molecular formula is C11H13NO4S. The van der Waals surface area contributed by atoms with Crippen LogP contribution in [0.3, 0.4) is 0 Å². The molecule has 0 unspecified atom stereocenters. The summed E-state index contributed by atoms with van der Waals surface area (Å²) in [6.45, 7) is 0. The number of esters is 2. The van der Waals surface area contributed by atoms with Gasteiger partial charge in [0.25, 0.3) is 0 Å². The Bertz CT molecular complexity index is 433. The molecule has 0 saturated carbocycles. The Labute approximate surface area is 104 Å². The van der Waals surface area contributed by atoms with E-state index in [1.54, 1.807) is 17.8 Å². The molecule has 6 heteroatoms. The molecule has 0 bridgehead atoms. The third kappa shape index (κ3) is 3.20. The summed E-state index contributed by atoms with van der Waals surface area (Å²) in [6.07, 6.45) is 1.92. The molecule has 17 heavy (non-hydrogen) atoms. The summed E-state index contributed by atoms with van der Waals surface area (Å²) in [4.78, 5) is 27.1. The lowest BCUT2D eigenvalue weighted by Crippen LogP contribution is -2.14. The summed E-state index contributed by atoms with van der Waals surface area (Å²) < 4.78 is 9.17. The van der Waals surface area contributed by atoms with Gasteiger partial charge in [-0.05, 0) is 18.4 Å². The molecule has 0 aliphatic rings. The van der Waals surface area contributed by atoms with Crippen LogP contribution in [0.15, 0.2) is 12.1 Å². The zero-order chi connectivity index (χ0) is 12.8. The number of rotatable bonds is 4. The van der Waals surface area contributed by atoms with Crippen molar-refractivity contribution in [2.75, 3.05) is 20.5 Å². The van der Waals surface area contributed by atoms with Crippen LogP contribution in [0.2, 0.25) is 0 Å². The number of nitrogens with zero attached hydrogens (tertiary/aromatic N) is 1. The first-order valence-corrected chi connectivity index (χ1v) is 6.19. The maximum absolute atomic E-state index is 11.5. The number of pyridine rings is 1. The van der Waals surface area contributed by atoms with Crippen LogP contribution in [0.1, 0.15) is 26.5 Å². The number of thioether (sulfide) groups is 1. The van der Waals surface area contributed by atoms with E-state index in [0.29, 0.717) is 11.4 Å². The van der Waals surface area contributed by atoms with E-state index in [4.69, 9.17) is 0 Å². The molecule has 0 spiro atoms. The van der Waals surface area contributed by atoms with Crippen molar-refractivity contribution in [2.24, 2.45) is 0 Å². The first kappa shape index (κ1) is 13.5. The van der Waals surface area contributed by atoms with Gasteiger partial charge in [0, 0.05) is 5.75 Å². The second-order valence-corrected chi connectivity index (χ2v) is 3.98. The molecule has 5 nitrogen and oxygen atoms in total. The Morgan fingerprint density at radius 2 is 1.88 bits per heavy atom. The normalized spacial score (nSPS) is 9.82. The molecule has 1 rings (SSSR count). The lowest BCUT2D eigenvalue weighted by atomic mass is 10.1. The van der Waals surface area contributed by atoms with E-state index in [1.807, 2.05) is 6.26 Å². The summed E-state index contributed by atoms with van der Waals surface area (Å²) in [5.74, 6) is -0.590. The lowest BCUT2D eigenvalue weighted by molar-refractivity contribution is 0.0549. The van der Waals surface area contributed by atoms with Crippen LogP contribution in [0.5, 0.6) is 0 Å². The number of hydrogen-bond acceptors (Lipinski definition) is 6. The summed E-state index contributed by atoms with van der Waals surface area (Å²) in [6, 6.07) is 3.21. The van der Waals surface area contributed by atoms with Crippen molar-refractivity contribution in [2.45, 2.75) is 5.75 Å². The molecule has 1 aromatic rings. The molecule has 0 fully saturated rings. The number of aromatic nitrogens is 1. The number of methoxy groups -OCH3 is 2. The van der Waals surface area contributed by atoms with Crippen LogP contribution in [-0.2, 0) is 15.2 Å². The van der Waals surface area contributed by atoms with Gasteiger partial charge in [0.15, 0.2) is 5.69 Å². The first-order chi connectivity index (χ1) is 8.13. The predicted octanol–water partition coefficient (Wildman–Crippen LogP) is 1.52. The van der Waals surface area contributed by atoms with Gasteiger partial charge in [0.1, 0.15) is 0 Å². The Hall–Kier alpha value is -1.56. The van der Waals surface area contributed by atoms with E-state index in [2.05, 4.69) is 14.5 Å². The number of ether oxygens (including phenoxy) is 2. The van der Waals surface area contributed by atoms with Crippen LogP contribution >= 0.6 is 11.8 Å². The number of hydrogen-bond donors (Lipinski definition) is 0. The quantitative estimate of drug-likeness (QED) is 0.760. The van der Waals surface area contributed by atoms with Gasteiger partial charge in [-0.25, -0.2) is 14.6 Å². The molecule has 0 amide bonds. The molecule has 1 heterocycles. The molecule has 92 valence electrons. The van der Waals surface area contributed by atoms with E-state index < -0.39 is 11.9 Å². The van der Waals surface area contributed by atoms with Gasteiger partial charge in [0.2, 0.25) is 0 Å². The van der Waals surface area contributed by atoms with Gasteiger partial charge in [-0.15, -0.1) is 0 Å². The maximum atomic E-state index is 11.5. The predicted molar refractivity (Wildman–Crippen MR) is 64.1 cm³/mol. The third-order valence-corrected chi connectivity index (χ3v) is 2.61. The summed E-state index contributed by atoms with van der Waals surface area (Å²) in [5, 5.41) is 0. The van der Waals surface area contributed by atoms with Crippen LogP contribution in [0.25, 0.3) is 0 Å². The molecule has 0 atom stereocenters. The molecule has 1 aromatic heterocycles. The number of carbonyl (C=O) groups is 2. The highest BCUT2D eigenvalue weighted by Gasteiger charge is 2.20. The fraction of sp³-hybridized carbons (Fsp3) is 0.364. The molecule has 0 radical (unpaired) electrons. The van der Waals surface area contributed by atoms with Crippen LogP contribution in [0, 0.1) is 0 Å². The minimum Gasteiger partial charge on any atom is -0.465 e. The van der Waals surface area contributed by atoms with Crippen molar-refractivity contribution >= 4 is 23.7 Å². The molecular weight excluding hydrogens is 242 g/mol. The van der Waals surface area contributed by atoms with Crippen molar-refractivity contribution < 1.29 is 19.1 Å². The van der Waals surface area contributed by atoms with Crippen molar-refractivity contribution in [3.8, 4) is 0 Å². The van der Waals surface area contributed by atoms with E-state index >= 15 is 0 Å². The molecule has 0 N–H and O–H groups in total. The average molecular weight is 255 g/mol. The van der Waals surface area contributed by atoms with Gasteiger partial charge in [-0.3, -0.25) is 0 Å². The van der Waals surface area contributed by atoms with Crippen LogP contribution in [-0.4, -0.2) is 37.4 Å².